The van der Waals surface area contributed by atoms with E-state index in [0.29, 0.717) is 0 Å². The molecule has 0 aliphatic carbocycles. The molecule has 0 radical (unpaired) electrons. The molecule has 0 unspecified atom stereocenters. The Hall–Kier alpha value is -2.80. The van der Waals surface area contributed by atoms with Gasteiger partial charge >= 0.3 is 0 Å². The number of fused-ring (bicyclic) bond motifs is 1. The lowest BCUT2D eigenvalue weighted by molar-refractivity contribution is -0.113. The zero-order chi connectivity index (χ0) is 18.6. The summed E-state index contributed by atoms with van der Waals surface area (Å²) in [5.41, 5.74) is 3.00. The van der Waals surface area contributed by atoms with Gasteiger partial charge < -0.3 is 14.6 Å². The number of carbonyl (C=O) groups excluding carboxylic acids is 1. The maximum atomic E-state index is 12.2. The van der Waals surface area contributed by atoms with Crippen molar-refractivity contribution < 1.29 is 9.53 Å². The molecule has 0 saturated carbocycles. The lowest BCUT2D eigenvalue weighted by Gasteiger charge is -2.09. The number of anilines is 1. The number of amides is 1. The molecule has 0 spiro atoms. The van der Waals surface area contributed by atoms with Crippen LogP contribution in [-0.4, -0.2) is 33.0 Å². The van der Waals surface area contributed by atoms with Crippen LogP contribution in [0.25, 0.3) is 11.4 Å². The number of nitrogens with one attached hydrogen (secondary N) is 1. The Morgan fingerprint density at radius 2 is 2.07 bits per heavy atom. The third-order valence-corrected chi connectivity index (χ3v) is 5.34. The summed E-state index contributed by atoms with van der Waals surface area (Å²) in [7, 11) is 0. The minimum Gasteiger partial charge on any atom is -0.493 e. The molecule has 0 bridgehead atoms. The van der Waals surface area contributed by atoms with Crippen molar-refractivity contribution in [2.24, 2.45) is 0 Å². The zero-order valence-electron chi connectivity index (χ0n) is 15.0. The van der Waals surface area contributed by atoms with Crippen molar-refractivity contribution in [3.8, 4) is 17.1 Å². The molecule has 1 amide bonds. The minimum absolute atomic E-state index is 0.0654. The summed E-state index contributed by atoms with van der Waals surface area (Å²) < 4.78 is 7.69. The first kappa shape index (κ1) is 17.6. The predicted molar refractivity (Wildman–Crippen MR) is 106 cm³/mol. The van der Waals surface area contributed by atoms with Gasteiger partial charge in [0.15, 0.2) is 11.0 Å². The quantitative estimate of drug-likeness (QED) is 0.662. The summed E-state index contributed by atoms with van der Waals surface area (Å²) in [4.78, 5) is 12.2. The molecule has 2 aromatic carbocycles. The van der Waals surface area contributed by atoms with Crippen LogP contribution in [0.1, 0.15) is 12.5 Å². The number of ether oxygens (including phenoxy) is 1. The number of para-hydroxylation sites is 1. The molecule has 1 aliphatic heterocycles. The van der Waals surface area contributed by atoms with Crippen molar-refractivity contribution in [2.75, 3.05) is 17.7 Å². The van der Waals surface area contributed by atoms with Gasteiger partial charge in [-0.05, 0) is 30.7 Å². The maximum absolute atomic E-state index is 12.2. The highest BCUT2D eigenvalue weighted by atomic mass is 32.2. The summed E-state index contributed by atoms with van der Waals surface area (Å²) in [6.45, 7) is 3.50. The van der Waals surface area contributed by atoms with Crippen LogP contribution in [0, 0.1) is 0 Å². The summed E-state index contributed by atoms with van der Waals surface area (Å²) in [5.74, 6) is 1.93. The molecule has 0 saturated heterocycles. The fourth-order valence-electron chi connectivity index (χ4n) is 3.05. The Labute approximate surface area is 162 Å². The first-order valence-electron chi connectivity index (χ1n) is 8.91. The first-order chi connectivity index (χ1) is 13.2. The van der Waals surface area contributed by atoms with Crippen LogP contribution < -0.4 is 10.1 Å². The van der Waals surface area contributed by atoms with Crippen molar-refractivity contribution in [1.29, 1.82) is 0 Å². The predicted octanol–water partition coefficient (Wildman–Crippen LogP) is 3.63. The Morgan fingerprint density at radius 1 is 1.22 bits per heavy atom. The van der Waals surface area contributed by atoms with Crippen LogP contribution in [0.4, 0.5) is 5.69 Å². The van der Waals surface area contributed by atoms with Gasteiger partial charge in [-0.25, -0.2) is 0 Å². The van der Waals surface area contributed by atoms with Crippen molar-refractivity contribution in [1.82, 2.24) is 14.8 Å². The van der Waals surface area contributed by atoms with Gasteiger partial charge in [-0.3, -0.25) is 4.79 Å². The van der Waals surface area contributed by atoms with Crippen LogP contribution in [-0.2, 0) is 17.8 Å². The van der Waals surface area contributed by atoms with E-state index < -0.39 is 0 Å². The Bertz CT molecular complexity index is 956. The van der Waals surface area contributed by atoms with Gasteiger partial charge in [0.1, 0.15) is 5.75 Å². The van der Waals surface area contributed by atoms with E-state index in [1.54, 1.807) is 0 Å². The molecule has 138 valence electrons. The molecule has 4 rings (SSSR count). The van der Waals surface area contributed by atoms with Gasteiger partial charge in [-0.15, -0.1) is 10.2 Å². The summed E-state index contributed by atoms with van der Waals surface area (Å²) in [6, 6.07) is 15.6. The van der Waals surface area contributed by atoms with Crippen LogP contribution in [0.2, 0.25) is 0 Å². The van der Waals surface area contributed by atoms with E-state index in [4.69, 9.17) is 4.74 Å². The minimum atomic E-state index is -0.0654. The second-order valence-corrected chi connectivity index (χ2v) is 7.12. The van der Waals surface area contributed by atoms with Crippen molar-refractivity contribution in [2.45, 2.75) is 25.0 Å². The highest BCUT2D eigenvalue weighted by molar-refractivity contribution is 7.99. The fraction of sp³-hybridized carbons (Fsp3) is 0.250. The number of aromatic nitrogens is 3. The molecule has 3 aromatic rings. The third kappa shape index (κ3) is 3.83. The Kier molecular flexibility index (Phi) is 5.11. The Balaban J connectivity index is 1.47. The molecule has 7 heteroatoms. The summed E-state index contributed by atoms with van der Waals surface area (Å²) in [6.07, 6.45) is 0.952. The molecule has 0 fully saturated rings. The standard InChI is InChI=1S/C20H20N4O2S/c1-2-24-19(15-9-8-14-10-11-26-17(14)12-15)22-23-20(24)27-13-18(25)21-16-6-4-3-5-7-16/h3-9,12H,2,10-11,13H2,1H3,(H,21,25). The summed E-state index contributed by atoms with van der Waals surface area (Å²) in [5, 5.41) is 12.3. The number of thioether (sulfide) groups is 1. The van der Waals surface area contributed by atoms with Crippen LogP contribution in [0.15, 0.2) is 53.7 Å². The second-order valence-electron chi connectivity index (χ2n) is 6.17. The molecular weight excluding hydrogens is 360 g/mol. The van der Waals surface area contributed by atoms with Crippen molar-refractivity contribution in [3.05, 3.63) is 54.1 Å². The number of nitrogens with zero attached hydrogens (tertiary/aromatic N) is 3. The second kappa shape index (κ2) is 7.84. The molecule has 2 heterocycles. The number of benzene rings is 2. The van der Waals surface area contributed by atoms with Crippen LogP contribution in [0.3, 0.4) is 0 Å². The van der Waals surface area contributed by atoms with E-state index in [0.717, 1.165) is 47.6 Å². The number of rotatable bonds is 6. The summed E-state index contributed by atoms with van der Waals surface area (Å²) >= 11 is 1.39. The lowest BCUT2D eigenvalue weighted by Crippen LogP contribution is -2.14. The number of carbonyl (C=O) groups is 1. The fourth-order valence-corrected chi connectivity index (χ4v) is 3.85. The van der Waals surface area contributed by atoms with Gasteiger partial charge in [0.05, 0.1) is 12.4 Å². The van der Waals surface area contributed by atoms with Crippen molar-refractivity contribution in [3.63, 3.8) is 0 Å². The molecule has 1 N–H and O–H groups in total. The SMILES string of the molecule is CCn1c(SCC(=O)Nc2ccccc2)nnc1-c1ccc2c(c1)OCC2. The van der Waals surface area contributed by atoms with Crippen LogP contribution in [0.5, 0.6) is 5.75 Å². The topological polar surface area (TPSA) is 69.0 Å². The molecule has 27 heavy (non-hydrogen) atoms. The van der Waals surface area contributed by atoms with Gasteiger partial charge in [0, 0.05) is 24.2 Å². The van der Waals surface area contributed by atoms with Gasteiger partial charge in [-0.2, -0.15) is 0 Å². The normalized spacial score (nSPS) is 12.5. The van der Waals surface area contributed by atoms with E-state index in [9.17, 15) is 4.79 Å². The smallest absolute Gasteiger partial charge is 0.234 e. The maximum Gasteiger partial charge on any atom is 0.234 e. The molecule has 1 aliphatic rings. The molecule has 1 aromatic heterocycles. The number of hydrogen-bond acceptors (Lipinski definition) is 5. The molecular formula is C20H20N4O2S. The highest BCUT2D eigenvalue weighted by Gasteiger charge is 2.18. The van der Waals surface area contributed by atoms with E-state index in [2.05, 4.69) is 27.6 Å². The largest absolute Gasteiger partial charge is 0.493 e. The third-order valence-electron chi connectivity index (χ3n) is 4.38. The van der Waals surface area contributed by atoms with E-state index in [-0.39, 0.29) is 11.7 Å². The van der Waals surface area contributed by atoms with Gasteiger partial charge in [-0.1, -0.05) is 42.1 Å². The first-order valence-corrected chi connectivity index (χ1v) is 9.90. The average molecular weight is 380 g/mol. The lowest BCUT2D eigenvalue weighted by atomic mass is 10.1. The van der Waals surface area contributed by atoms with Crippen LogP contribution >= 0.6 is 11.8 Å². The van der Waals surface area contributed by atoms with E-state index in [1.807, 2.05) is 47.9 Å². The zero-order valence-corrected chi connectivity index (χ0v) is 15.8. The average Bonchev–Trinajstić information content (AvgIpc) is 3.32. The Morgan fingerprint density at radius 3 is 2.89 bits per heavy atom. The van der Waals surface area contributed by atoms with Gasteiger partial charge in [0.2, 0.25) is 5.91 Å². The van der Waals surface area contributed by atoms with E-state index in [1.165, 1.54) is 17.3 Å². The van der Waals surface area contributed by atoms with Gasteiger partial charge in [0.25, 0.3) is 0 Å². The molecule has 6 nitrogen and oxygen atoms in total. The van der Waals surface area contributed by atoms with Crippen molar-refractivity contribution >= 4 is 23.4 Å². The van der Waals surface area contributed by atoms with E-state index >= 15 is 0 Å². The molecule has 0 atom stereocenters. The monoisotopic (exact) mass is 380 g/mol. The highest BCUT2D eigenvalue weighted by Crippen LogP contribution is 2.31. The number of hydrogen-bond donors (Lipinski definition) is 1.